The zero-order chi connectivity index (χ0) is 18.5. The number of ether oxygens (including phenoxy) is 1. The van der Waals surface area contributed by atoms with Crippen molar-refractivity contribution in [3.8, 4) is 5.75 Å². The van der Waals surface area contributed by atoms with E-state index in [1.54, 1.807) is 13.3 Å². The van der Waals surface area contributed by atoms with Crippen LogP contribution >= 0.6 is 0 Å². The second kappa shape index (κ2) is 8.21. The number of amides is 1. The summed E-state index contributed by atoms with van der Waals surface area (Å²) in [5.74, 6) is 0.419. The Bertz CT molecular complexity index is 776. The Labute approximate surface area is 155 Å². The van der Waals surface area contributed by atoms with E-state index in [0.29, 0.717) is 23.2 Å². The van der Waals surface area contributed by atoms with Crippen molar-refractivity contribution >= 4 is 17.3 Å². The molecule has 2 heterocycles. The molecule has 5 heteroatoms. The SMILES string of the molecule is CCC1CCCCN1c1ccnc(C(=O)Nc2cc(C)ccc2OC)c1. The van der Waals surface area contributed by atoms with Crippen LogP contribution in [0.1, 0.15) is 48.7 Å². The Morgan fingerprint density at radius 2 is 2.15 bits per heavy atom. The molecule has 2 aromatic rings. The minimum absolute atomic E-state index is 0.221. The lowest BCUT2D eigenvalue weighted by molar-refractivity contribution is 0.102. The minimum Gasteiger partial charge on any atom is -0.495 e. The summed E-state index contributed by atoms with van der Waals surface area (Å²) < 4.78 is 5.34. The number of hydrogen-bond acceptors (Lipinski definition) is 4. The maximum atomic E-state index is 12.7. The monoisotopic (exact) mass is 353 g/mol. The number of carbonyl (C=O) groups excluding carboxylic acids is 1. The van der Waals surface area contributed by atoms with Gasteiger partial charge in [0, 0.05) is 24.5 Å². The van der Waals surface area contributed by atoms with Gasteiger partial charge < -0.3 is 15.0 Å². The summed E-state index contributed by atoms with van der Waals surface area (Å²) in [6.45, 7) is 5.24. The standard InChI is InChI=1S/C21H27N3O2/c1-4-16-7-5-6-12-24(16)17-10-11-22-19(14-17)21(25)23-18-13-15(2)8-9-20(18)26-3/h8-11,13-14,16H,4-7,12H2,1-3H3,(H,23,25). The molecule has 1 fully saturated rings. The van der Waals surface area contributed by atoms with Crippen LogP contribution in [0, 0.1) is 6.92 Å². The normalized spacial score (nSPS) is 17.0. The number of benzene rings is 1. The second-order valence-electron chi connectivity index (χ2n) is 6.81. The maximum absolute atomic E-state index is 12.7. The van der Waals surface area contributed by atoms with Gasteiger partial charge in [-0.3, -0.25) is 9.78 Å². The molecule has 1 aliphatic heterocycles. The molecule has 5 nitrogen and oxygen atoms in total. The van der Waals surface area contributed by atoms with E-state index in [1.165, 1.54) is 19.3 Å². The predicted molar refractivity (Wildman–Crippen MR) is 105 cm³/mol. The van der Waals surface area contributed by atoms with E-state index in [9.17, 15) is 4.79 Å². The molecule has 0 aliphatic carbocycles. The number of nitrogens with zero attached hydrogens (tertiary/aromatic N) is 2. The highest BCUT2D eigenvalue weighted by atomic mass is 16.5. The number of rotatable bonds is 5. The van der Waals surface area contributed by atoms with Crippen LogP contribution in [0.4, 0.5) is 11.4 Å². The molecule has 1 saturated heterocycles. The number of nitrogens with one attached hydrogen (secondary N) is 1. The first kappa shape index (κ1) is 18.2. The highest BCUT2D eigenvalue weighted by Gasteiger charge is 2.22. The highest BCUT2D eigenvalue weighted by molar-refractivity contribution is 6.04. The average molecular weight is 353 g/mol. The van der Waals surface area contributed by atoms with Gasteiger partial charge in [0.1, 0.15) is 11.4 Å². The molecule has 0 spiro atoms. The van der Waals surface area contributed by atoms with Crippen molar-refractivity contribution in [2.45, 2.75) is 45.6 Å². The molecule has 3 rings (SSSR count). The summed E-state index contributed by atoms with van der Waals surface area (Å²) in [4.78, 5) is 19.4. The van der Waals surface area contributed by atoms with Crippen LogP contribution in [0.2, 0.25) is 0 Å². The summed E-state index contributed by atoms with van der Waals surface area (Å²) in [5, 5.41) is 2.93. The fourth-order valence-electron chi connectivity index (χ4n) is 3.59. The second-order valence-corrected chi connectivity index (χ2v) is 6.81. The van der Waals surface area contributed by atoms with Gasteiger partial charge in [0.05, 0.1) is 12.8 Å². The topological polar surface area (TPSA) is 54.5 Å². The third kappa shape index (κ3) is 3.98. The van der Waals surface area contributed by atoms with E-state index in [-0.39, 0.29) is 5.91 Å². The van der Waals surface area contributed by atoms with Crippen molar-refractivity contribution in [1.29, 1.82) is 0 Å². The first-order valence-corrected chi connectivity index (χ1v) is 9.31. The van der Waals surface area contributed by atoms with Crippen LogP contribution in [0.3, 0.4) is 0 Å². The van der Waals surface area contributed by atoms with Gasteiger partial charge in [0.2, 0.25) is 0 Å². The van der Waals surface area contributed by atoms with Gasteiger partial charge >= 0.3 is 0 Å². The number of piperidine rings is 1. The molecular weight excluding hydrogens is 326 g/mol. The molecule has 0 radical (unpaired) electrons. The van der Waals surface area contributed by atoms with Crippen LogP contribution < -0.4 is 15.0 Å². The van der Waals surface area contributed by atoms with E-state index < -0.39 is 0 Å². The molecule has 1 N–H and O–H groups in total. The Balaban J connectivity index is 1.81. The number of hydrogen-bond donors (Lipinski definition) is 1. The van der Waals surface area contributed by atoms with Gasteiger partial charge in [0.15, 0.2) is 0 Å². The van der Waals surface area contributed by atoms with Crippen LogP contribution in [0.25, 0.3) is 0 Å². The third-order valence-electron chi connectivity index (χ3n) is 5.01. The molecule has 1 aliphatic rings. The third-order valence-corrected chi connectivity index (χ3v) is 5.01. The number of aryl methyl sites for hydroxylation is 1. The van der Waals surface area contributed by atoms with Crippen molar-refractivity contribution in [3.05, 3.63) is 47.8 Å². The largest absolute Gasteiger partial charge is 0.495 e. The summed E-state index contributed by atoms with van der Waals surface area (Å²) in [6.07, 6.45) is 6.52. The number of methoxy groups -OCH3 is 1. The van der Waals surface area contributed by atoms with Crippen LogP contribution in [0.5, 0.6) is 5.75 Å². The molecule has 1 atom stereocenters. The maximum Gasteiger partial charge on any atom is 0.274 e. The molecule has 1 aromatic carbocycles. The van der Waals surface area contributed by atoms with Crippen molar-refractivity contribution < 1.29 is 9.53 Å². The zero-order valence-corrected chi connectivity index (χ0v) is 15.8. The van der Waals surface area contributed by atoms with Gasteiger partial charge in [-0.05, 0) is 62.4 Å². The number of anilines is 2. The zero-order valence-electron chi connectivity index (χ0n) is 15.8. The van der Waals surface area contributed by atoms with Crippen molar-refractivity contribution in [1.82, 2.24) is 4.98 Å². The van der Waals surface area contributed by atoms with Gasteiger partial charge in [-0.1, -0.05) is 13.0 Å². The number of aromatic nitrogens is 1. The van der Waals surface area contributed by atoms with E-state index in [2.05, 4.69) is 22.1 Å². The smallest absolute Gasteiger partial charge is 0.274 e. The van der Waals surface area contributed by atoms with Gasteiger partial charge in [-0.2, -0.15) is 0 Å². The van der Waals surface area contributed by atoms with Crippen molar-refractivity contribution in [3.63, 3.8) is 0 Å². The first-order valence-electron chi connectivity index (χ1n) is 9.31. The minimum atomic E-state index is -0.221. The van der Waals surface area contributed by atoms with E-state index in [4.69, 9.17) is 4.74 Å². The fraction of sp³-hybridized carbons (Fsp3) is 0.429. The summed E-state index contributed by atoms with van der Waals surface area (Å²) in [6, 6.07) is 10.1. The van der Waals surface area contributed by atoms with Crippen LogP contribution in [-0.2, 0) is 0 Å². The molecule has 0 bridgehead atoms. The molecular formula is C21H27N3O2. The van der Waals surface area contributed by atoms with E-state index >= 15 is 0 Å². The van der Waals surface area contributed by atoms with Crippen molar-refractivity contribution in [2.75, 3.05) is 23.9 Å². The Morgan fingerprint density at radius 1 is 1.31 bits per heavy atom. The molecule has 26 heavy (non-hydrogen) atoms. The fourth-order valence-corrected chi connectivity index (χ4v) is 3.59. The Hall–Kier alpha value is -2.56. The van der Waals surface area contributed by atoms with Crippen LogP contribution in [0.15, 0.2) is 36.5 Å². The van der Waals surface area contributed by atoms with E-state index in [1.807, 2.05) is 37.3 Å². The van der Waals surface area contributed by atoms with E-state index in [0.717, 1.165) is 24.2 Å². The number of carbonyl (C=O) groups is 1. The van der Waals surface area contributed by atoms with Crippen LogP contribution in [-0.4, -0.2) is 30.6 Å². The molecule has 0 saturated carbocycles. The van der Waals surface area contributed by atoms with Crippen molar-refractivity contribution in [2.24, 2.45) is 0 Å². The predicted octanol–water partition coefficient (Wildman–Crippen LogP) is 4.42. The van der Waals surface area contributed by atoms with Gasteiger partial charge in [0.25, 0.3) is 5.91 Å². The molecule has 1 aromatic heterocycles. The summed E-state index contributed by atoms with van der Waals surface area (Å²) in [7, 11) is 1.60. The lowest BCUT2D eigenvalue weighted by Gasteiger charge is -2.37. The Morgan fingerprint density at radius 3 is 2.92 bits per heavy atom. The first-order chi connectivity index (χ1) is 12.6. The molecule has 1 amide bonds. The average Bonchev–Trinajstić information content (AvgIpc) is 2.68. The summed E-state index contributed by atoms with van der Waals surface area (Å²) >= 11 is 0. The quantitative estimate of drug-likeness (QED) is 0.864. The number of pyridine rings is 1. The highest BCUT2D eigenvalue weighted by Crippen LogP contribution is 2.28. The lowest BCUT2D eigenvalue weighted by Crippen LogP contribution is -2.39. The summed E-state index contributed by atoms with van der Waals surface area (Å²) in [5.41, 5.74) is 3.22. The molecule has 1 unspecified atom stereocenters. The Kier molecular flexibility index (Phi) is 5.76. The van der Waals surface area contributed by atoms with Gasteiger partial charge in [-0.25, -0.2) is 0 Å². The lowest BCUT2D eigenvalue weighted by atomic mass is 9.99. The van der Waals surface area contributed by atoms with Gasteiger partial charge in [-0.15, -0.1) is 0 Å². The molecule has 138 valence electrons.